The predicted octanol–water partition coefficient (Wildman–Crippen LogP) is 2.32. The fourth-order valence-corrected chi connectivity index (χ4v) is 2.21. The van der Waals surface area contributed by atoms with Gasteiger partial charge in [0.15, 0.2) is 5.82 Å². The number of halogens is 1. The van der Waals surface area contributed by atoms with Crippen LogP contribution in [0.5, 0.6) is 0 Å². The molecule has 1 aromatic heterocycles. The van der Waals surface area contributed by atoms with Crippen molar-refractivity contribution in [1.29, 1.82) is 5.26 Å². The van der Waals surface area contributed by atoms with Crippen molar-refractivity contribution in [3.05, 3.63) is 76.9 Å². The average molecular weight is 293 g/mol. The molecule has 0 spiro atoms. The van der Waals surface area contributed by atoms with E-state index in [1.807, 2.05) is 18.2 Å². The van der Waals surface area contributed by atoms with Crippen LogP contribution in [0.1, 0.15) is 22.5 Å². The maximum Gasteiger partial charge on any atom is 0.156 e. The Morgan fingerprint density at radius 3 is 2.55 bits per heavy atom. The molecule has 2 aromatic carbocycles. The highest BCUT2D eigenvalue weighted by Crippen LogP contribution is 2.13. The molecule has 3 aromatic rings. The summed E-state index contributed by atoms with van der Waals surface area (Å²) >= 11 is 0. The molecule has 0 unspecified atom stereocenters. The Labute approximate surface area is 126 Å². The summed E-state index contributed by atoms with van der Waals surface area (Å²) in [4.78, 5) is 0. The van der Waals surface area contributed by atoms with Crippen LogP contribution in [0, 0.1) is 17.1 Å². The summed E-state index contributed by atoms with van der Waals surface area (Å²) in [7, 11) is 0. The number of tetrazole rings is 1. The molecule has 0 bridgehead atoms. The third-order valence-corrected chi connectivity index (χ3v) is 3.37. The Morgan fingerprint density at radius 1 is 1.05 bits per heavy atom. The summed E-state index contributed by atoms with van der Waals surface area (Å²) in [6, 6.07) is 15.9. The molecule has 0 fully saturated rings. The fraction of sp³-hybridized carbons (Fsp3) is 0.125. The van der Waals surface area contributed by atoms with Gasteiger partial charge in [-0.05, 0) is 33.7 Å². The number of aromatic nitrogens is 4. The average Bonchev–Trinajstić information content (AvgIpc) is 2.97. The lowest BCUT2D eigenvalue weighted by molar-refractivity contribution is 0.598. The molecule has 0 atom stereocenters. The Kier molecular flexibility index (Phi) is 3.88. The van der Waals surface area contributed by atoms with E-state index >= 15 is 0 Å². The summed E-state index contributed by atoms with van der Waals surface area (Å²) in [5, 5.41) is 20.7. The van der Waals surface area contributed by atoms with E-state index in [9.17, 15) is 4.39 Å². The van der Waals surface area contributed by atoms with Crippen LogP contribution < -0.4 is 0 Å². The quantitative estimate of drug-likeness (QED) is 0.740. The van der Waals surface area contributed by atoms with Gasteiger partial charge in [-0.1, -0.05) is 36.4 Å². The van der Waals surface area contributed by atoms with Crippen molar-refractivity contribution in [3.8, 4) is 6.07 Å². The van der Waals surface area contributed by atoms with Crippen LogP contribution in [0.25, 0.3) is 0 Å². The van der Waals surface area contributed by atoms with Crippen molar-refractivity contribution >= 4 is 0 Å². The SMILES string of the molecule is N#Cc1ccccc1Cn1nnnc1Cc1ccccc1F. The van der Waals surface area contributed by atoms with E-state index in [1.165, 1.54) is 6.07 Å². The van der Waals surface area contributed by atoms with Gasteiger partial charge in [-0.3, -0.25) is 0 Å². The molecule has 0 saturated heterocycles. The largest absolute Gasteiger partial charge is 0.225 e. The molecule has 0 N–H and O–H groups in total. The molecule has 6 heteroatoms. The van der Waals surface area contributed by atoms with Crippen LogP contribution in [-0.4, -0.2) is 20.2 Å². The topological polar surface area (TPSA) is 67.4 Å². The first-order valence-electron chi connectivity index (χ1n) is 6.74. The highest BCUT2D eigenvalue weighted by molar-refractivity contribution is 5.37. The second-order valence-electron chi connectivity index (χ2n) is 4.79. The zero-order valence-corrected chi connectivity index (χ0v) is 11.6. The minimum atomic E-state index is -0.283. The van der Waals surface area contributed by atoms with Gasteiger partial charge < -0.3 is 0 Å². The lowest BCUT2D eigenvalue weighted by Crippen LogP contribution is -2.09. The number of nitrogens with zero attached hydrogens (tertiary/aromatic N) is 5. The number of hydrogen-bond acceptors (Lipinski definition) is 4. The molecular formula is C16H12FN5. The molecule has 0 amide bonds. The summed E-state index contributed by atoms with van der Waals surface area (Å²) < 4.78 is 15.3. The van der Waals surface area contributed by atoms with E-state index in [-0.39, 0.29) is 5.82 Å². The first-order valence-corrected chi connectivity index (χ1v) is 6.74. The number of rotatable bonds is 4. The minimum absolute atomic E-state index is 0.283. The first kappa shape index (κ1) is 13.9. The van der Waals surface area contributed by atoms with Crippen molar-refractivity contribution in [3.63, 3.8) is 0 Å². The van der Waals surface area contributed by atoms with E-state index in [2.05, 4.69) is 21.6 Å². The van der Waals surface area contributed by atoms with Crippen LogP contribution in [0.3, 0.4) is 0 Å². The monoisotopic (exact) mass is 293 g/mol. The Morgan fingerprint density at radius 2 is 1.77 bits per heavy atom. The molecule has 0 aliphatic rings. The Hall–Kier alpha value is -3.07. The van der Waals surface area contributed by atoms with Gasteiger partial charge in [0.05, 0.1) is 18.2 Å². The van der Waals surface area contributed by atoms with Crippen LogP contribution in [0.4, 0.5) is 4.39 Å². The van der Waals surface area contributed by atoms with Crippen LogP contribution in [-0.2, 0) is 13.0 Å². The first-order chi connectivity index (χ1) is 10.8. The van der Waals surface area contributed by atoms with Gasteiger partial charge in [-0.15, -0.1) is 5.10 Å². The zero-order valence-electron chi connectivity index (χ0n) is 11.6. The summed E-state index contributed by atoms with van der Waals surface area (Å²) in [5.74, 6) is 0.271. The molecule has 5 nitrogen and oxygen atoms in total. The van der Waals surface area contributed by atoms with Gasteiger partial charge in [-0.25, -0.2) is 9.07 Å². The molecule has 0 radical (unpaired) electrons. The second kappa shape index (κ2) is 6.14. The van der Waals surface area contributed by atoms with Crippen LogP contribution in [0.2, 0.25) is 0 Å². The molecule has 0 saturated carbocycles. The molecule has 0 aliphatic heterocycles. The molecule has 108 valence electrons. The number of nitriles is 1. The number of benzene rings is 2. The smallest absolute Gasteiger partial charge is 0.156 e. The standard InChI is InChI=1S/C16H12FN5/c17-15-8-4-3-5-12(15)9-16-19-20-21-22(16)11-14-7-2-1-6-13(14)10-18/h1-8H,9,11H2. The third kappa shape index (κ3) is 2.83. The van der Waals surface area contributed by atoms with Crippen molar-refractivity contribution < 1.29 is 4.39 Å². The maximum absolute atomic E-state index is 13.7. The summed E-state index contributed by atoms with van der Waals surface area (Å²) in [6.45, 7) is 0.376. The van der Waals surface area contributed by atoms with E-state index in [1.54, 1.807) is 28.9 Å². The minimum Gasteiger partial charge on any atom is -0.225 e. The summed E-state index contributed by atoms with van der Waals surface area (Å²) in [6.07, 6.45) is 0.300. The summed E-state index contributed by atoms with van der Waals surface area (Å²) in [5.41, 5.74) is 1.94. The fourth-order valence-electron chi connectivity index (χ4n) is 2.21. The lowest BCUT2D eigenvalue weighted by atomic mass is 10.1. The van der Waals surface area contributed by atoms with Crippen LogP contribution in [0.15, 0.2) is 48.5 Å². The molecule has 1 heterocycles. The third-order valence-electron chi connectivity index (χ3n) is 3.37. The Balaban J connectivity index is 1.87. The van der Waals surface area contributed by atoms with E-state index in [4.69, 9.17) is 5.26 Å². The van der Waals surface area contributed by atoms with Gasteiger partial charge in [0.25, 0.3) is 0 Å². The molecule has 0 aliphatic carbocycles. The maximum atomic E-state index is 13.7. The van der Waals surface area contributed by atoms with Gasteiger partial charge in [0.1, 0.15) is 5.82 Å². The highest BCUT2D eigenvalue weighted by atomic mass is 19.1. The van der Waals surface area contributed by atoms with Gasteiger partial charge in [0.2, 0.25) is 0 Å². The zero-order chi connectivity index (χ0) is 15.4. The number of hydrogen-bond donors (Lipinski definition) is 0. The molecule has 3 rings (SSSR count). The van der Waals surface area contributed by atoms with Crippen molar-refractivity contribution in [2.45, 2.75) is 13.0 Å². The van der Waals surface area contributed by atoms with Crippen LogP contribution >= 0.6 is 0 Å². The second-order valence-corrected chi connectivity index (χ2v) is 4.79. The van der Waals surface area contributed by atoms with E-state index in [0.717, 1.165) is 5.56 Å². The highest BCUT2D eigenvalue weighted by Gasteiger charge is 2.11. The van der Waals surface area contributed by atoms with Crippen molar-refractivity contribution in [2.75, 3.05) is 0 Å². The predicted molar refractivity (Wildman–Crippen MR) is 77.3 cm³/mol. The normalized spacial score (nSPS) is 10.4. The van der Waals surface area contributed by atoms with Crippen molar-refractivity contribution in [1.82, 2.24) is 20.2 Å². The lowest BCUT2D eigenvalue weighted by Gasteiger charge is -2.07. The van der Waals surface area contributed by atoms with E-state index in [0.29, 0.717) is 29.9 Å². The Bertz CT molecular complexity index is 834. The van der Waals surface area contributed by atoms with E-state index < -0.39 is 0 Å². The van der Waals surface area contributed by atoms with Gasteiger partial charge >= 0.3 is 0 Å². The molecule has 22 heavy (non-hydrogen) atoms. The molecular weight excluding hydrogens is 281 g/mol. The van der Waals surface area contributed by atoms with Gasteiger partial charge in [0, 0.05) is 6.42 Å². The van der Waals surface area contributed by atoms with Crippen molar-refractivity contribution in [2.24, 2.45) is 0 Å². The van der Waals surface area contributed by atoms with Gasteiger partial charge in [-0.2, -0.15) is 5.26 Å².